The molecular weight excluding hydrogens is 326 g/mol. The second-order valence-corrected chi connectivity index (χ2v) is 8.50. The van der Waals surface area contributed by atoms with Crippen LogP contribution in [0.5, 0.6) is 0 Å². The first-order chi connectivity index (χ1) is 12.7. The minimum atomic E-state index is -0.185. The second kappa shape index (κ2) is 7.81. The van der Waals surface area contributed by atoms with Crippen molar-refractivity contribution < 1.29 is 14.3 Å². The lowest BCUT2D eigenvalue weighted by molar-refractivity contribution is -0.164. The Kier molecular flexibility index (Phi) is 5.28. The molecule has 1 N–H and O–H groups in total. The average molecular weight is 355 g/mol. The summed E-state index contributed by atoms with van der Waals surface area (Å²) >= 11 is 0. The van der Waals surface area contributed by atoms with Gasteiger partial charge in [-0.25, -0.2) is 0 Å². The molecule has 4 aliphatic rings. The maximum absolute atomic E-state index is 12.6. The number of benzene rings is 1. The number of hydrogen-bond donors (Lipinski definition) is 1. The highest BCUT2D eigenvalue weighted by Crippen LogP contribution is 2.56. The Labute approximate surface area is 155 Å². The predicted octanol–water partition coefficient (Wildman–Crippen LogP) is 3.35. The van der Waals surface area contributed by atoms with Crippen molar-refractivity contribution in [1.82, 2.24) is 5.32 Å². The molecule has 0 unspecified atom stereocenters. The van der Waals surface area contributed by atoms with Crippen LogP contribution in [0.1, 0.15) is 44.1 Å². The third-order valence-electron chi connectivity index (χ3n) is 6.65. The summed E-state index contributed by atoms with van der Waals surface area (Å²) in [5, 5.41) is 2.86. The molecule has 1 aromatic carbocycles. The van der Waals surface area contributed by atoms with Gasteiger partial charge in [0.25, 0.3) is 5.91 Å². The summed E-state index contributed by atoms with van der Waals surface area (Å²) in [7, 11) is 0. The van der Waals surface area contributed by atoms with E-state index in [0.29, 0.717) is 18.4 Å². The molecule has 4 nitrogen and oxygen atoms in total. The third kappa shape index (κ3) is 3.94. The van der Waals surface area contributed by atoms with E-state index < -0.39 is 0 Å². The number of carbonyl (C=O) groups is 2. The van der Waals surface area contributed by atoms with Gasteiger partial charge in [-0.1, -0.05) is 30.3 Å². The molecule has 4 aliphatic carbocycles. The molecule has 0 radical (unpaired) electrons. The van der Waals surface area contributed by atoms with Crippen LogP contribution in [0.2, 0.25) is 0 Å². The fraction of sp³-hybridized carbons (Fsp3) is 0.636. The van der Waals surface area contributed by atoms with Crippen LogP contribution >= 0.6 is 0 Å². The number of nitrogens with one attached hydrogen (secondary N) is 1. The Bertz CT molecular complexity index is 614. The minimum absolute atomic E-state index is 0.0497. The first-order valence-electron chi connectivity index (χ1n) is 10.2. The van der Waals surface area contributed by atoms with Gasteiger partial charge >= 0.3 is 5.97 Å². The van der Waals surface area contributed by atoms with Gasteiger partial charge in [0, 0.05) is 6.54 Å². The zero-order chi connectivity index (χ0) is 17.9. The van der Waals surface area contributed by atoms with Crippen molar-refractivity contribution in [2.45, 2.75) is 44.9 Å². The zero-order valence-corrected chi connectivity index (χ0v) is 15.4. The summed E-state index contributed by atoms with van der Waals surface area (Å²) in [5.74, 6) is 2.44. The molecule has 26 heavy (non-hydrogen) atoms. The van der Waals surface area contributed by atoms with Crippen LogP contribution in [0.3, 0.4) is 0 Å². The molecule has 0 atom stereocenters. The fourth-order valence-electron chi connectivity index (χ4n) is 5.76. The van der Waals surface area contributed by atoms with Gasteiger partial charge in [-0.15, -0.1) is 0 Å². The number of carbonyl (C=O) groups excluding carboxylic acids is 2. The Hall–Kier alpha value is -1.84. The largest absolute Gasteiger partial charge is 0.455 e. The first-order valence-corrected chi connectivity index (χ1v) is 10.2. The quantitative estimate of drug-likeness (QED) is 0.603. The maximum atomic E-state index is 12.6. The van der Waals surface area contributed by atoms with Gasteiger partial charge < -0.3 is 10.1 Å². The topological polar surface area (TPSA) is 55.4 Å². The van der Waals surface area contributed by atoms with E-state index in [1.807, 2.05) is 18.2 Å². The molecule has 4 heteroatoms. The number of amides is 1. The van der Waals surface area contributed by atoms with E-state index in [4.69, 9.17) is 4.74 Å². The highest BCUT2D eigenvalue weighted by molar-refractivity contribution is 5.81. The molecule has 140 valence electrons. The van der Waals surface area contributed by atoms with E-state index in [0.717, 1.165) is 24.7 Å². The van der Waals surface area contributed by atoms with Crippen molar-refractivity contribution >= 4 is 11.9 Å². The third-order valence-corrected chi connectivity index (χ3v) is 6.65. The van der Waals surface area contributed by atoms with Crippen molar-refractivity contribution in [1.29, 1.82) is 0 Å². The molecular formula is C22H29NO3. The van der Waals surface area contributed by atoms with E-state index in [2.05, 4.69) is 17.4 Å². The number of ether oxygens (including phenoxy) is 1. The lowest BCUT2D eigenvalue weighted by Crippen LogP contribution is -2.48. The van der Waals surface area contributed by atoms with Crippen LogP contribution < -0.4 is 5.32 Å². The smallest absolute Gasteiger partial charge is 0.310 e. The summed E-state index contributed by atoms with van der Waals surface area (Å²) in [5.41, 5.74) is 1.27. The summed E-state index contributed by atoms with van der Waals surface area (Å²) < 4.78 is 5.39. The van der Waals surface area contributed by atoms with Crippen LogP contribution in [0.25, 0.3) is 0 Å². The van der Waals surface area contributed by atoms with Gasteiger partial charge in [-0.2, -0.15) is 0 Å². The number of aryl methyl sites for hydroxylation is 1. The SMILES string of the molecule is O=C(COC(=O)C1C2CC3CC(C2)CC1C3)NCCCc1ccccc1. The van der Waals surface area contributed by atoms with Gasteiger partial charge in [0.15, 0.2) is 6.61 Å². The molecule has 0 spiro atoms. The Morgan fingerprint density at radius 3 is 2.27 bits per heavy atom. The number of hydrogen-bond acceptors (Lipinski definition) is 3. The molecule has 4 saturated carbocycles. The molecule has 4 bridgehead atoms. The standard InChI is InChI=1S/C22H29NO3/c24-20(23-8-4-7-15-5-2-1-3-6-15)14-26-22(25)21-18-10-16-9-17(12-18)13-19(21)11-16/h1-3,5-6,16-19,21H,4,7-14H2,(H,23,24). The van der Waals surface area contributed by atoms with Crippen LogP contribution in [-0.4, -0.2) is 25.0 Å². The molecule has 5 rings (SSSR count). The van der Waals surface area contributed by atoms with Crippen molar-refractivity contribution in [2.24, 2.45) is 29.6 Å². The van der Waals surface area contributed by atoms with Gasteiger partial charge in [0.1, 0.15) is 0 Å². The Morgan fingerprint density at radius 1 is 0.962 bits per heavy atom. The van der Waals surface area contributed by atoms with Gasteiger partial charge in [-0.3, -0.25) is 9.59 Å². The molecule has 0 aromatic heterocycles. The first kappa shape index (κ1) is 17.6. The van der Waals surface area contributed by atoms with Crippen molar-refractivity contribution in [2.75, 3.05) is 13.2 Å². The maximum Gasteiger partial charge on any atom is 0.310 e. The van der Waals surface area contributed by atoms with E-state index in [-0.39, 0.29) is 24.4 Å². The Balaban J connectivity index is 1.16. The Morgan fingerprint density at radius 2 is 1.62 bits per heavy atom. The lowest BCUT2D eigenvalue weighted by atomic mass is 9.52. The number of rotatable bonds is 7. The summed E-state index contributed by atoms with van der Waals surface area (Å²) in [6.45, 7) is 0.482. The normalized spacial score (nSPS) is 31.6. The summed E-state index contributed by atoms with van der Waals surface area (Å²) in [6.07, 6.45) is 7.97. The molecule has 1 amide bonds. The molecule has 0 aliphatic heterocycles. The van der Waals surface area contributed by atoms with Crippen LogP contribution in [-0.2, 0) is 20.7 Å². The molecule has 0 saturated heterocycles. The van der Waals surface area contributed by atoms with Crippen molar-refractivity contribution in [3.05, 3.63) is 35.9 Å². The predicted molar refractivity (Wildman–Crippen MR) is 99.3 cm³/mol. The van der Waals surface area contributed by atoms with Crippen LogP contribution in [0.4, 0.5) is 0 Å². The minimum Gasteiger partial charge on any atom is -0.455 e. The van der Waals surface area contributed by atoms with Crippen molar-refractivity contribution in [3.8, 4) is 0 Å². The van der Waals surface area contributed by atoms with Gasteiger partial charge in [-0.05, 0) is 74.2 Å². The lowest BCUT2D eigenvalue weighted by Gasteiger charge is -2.53. The van der Waals surface area contributed by atoms with Gasteiger partial charge in [0.2, 0.25) is 0 Å². The fourth-order valence-corrected chi connectivity index (χ4v) is 5.76. The molecule has 1 aromatic rings. The van der Waals surface area contributed by atoms with Crippen LogP contribution in [0.15, 0.2) is 30.3 Å². The second-order valence-electron chi connectivity index (χ2n) is 8.50. The van der Waals surface area contributed by atoms with Gasteiger partial charge in [0.05, 0.1) is 5.92 Å². The number of esters is 1. The highest BCUT2D eigenvalue weighted by atomic mass is 16.5. The van der Waals surface area contributed by atoms with E-state index in [1.165, 1.54) is 37.7 Å². The zero-order valence-electron chi connectivity index (χ0n) is 15.4. The summed E-state index contributed by atoms with van der Waals surface area (Å²) in [6, 6.07) is 10.2. The monoisotopic (exact) mass is 355 g/mol. The van der Waals surface area contributed by atoms with Crippen LogP contribution in [0, 0.1) is 29.6 Å². The summed E-state index contributed by atoms with van der Waals surface area (Å²) in [4.78, 5) is 24.5. The molecule has 0 heterocycles. The highest BCUT2D eigenvalue weighted by Gasteiger charge is 2.51. The van der Waals surface area contributed by atoms with E-state index >= 15 is 0 Å². The average Bonchev–Trinajstić information content (AvgIpc) is 2.63. The van der Waals surface area contributed by atoms with E-state index in [9.17, 15) is 9.59 Å². The molecule has 4 fully saturated rings. The van der Waals surface area contributed by atoms with Crippen molar-refractivity contribution in [3.63, 3.8) is 0 Å². The van der Waals surface area contributed by atoms with E-state index in [1.54, 1.807) is 0 Å².